The van der Waals surface area contributed by atoms with Crippen molar-refractivity contribution >= 4 is 39.0 Å². The van der Waals surface area contributed by atoms with E-state index in [0.29, 0.717) is 15.8 Å². The second-order valence-electron chi connectivity index (χ2n) is 6.44. The van der Waals surface area contributed by atoms with Gasteiger partial charge in [-0.15, -0.1) is 11.3 Å². The molecule has 9 heteroatoms. The highest BCUT2D eigenvalue weighted by molar-refractivity contribution is 7.21. The minimum absolute atomic E-state index is 0.0707. The van der Waals surface area contributed by atoms with Gasteiger partial charge in [-0.25, -0.2) is 9.59 Å². The summed E-state index contributed by atoms with van der Waals surface area (Å²) >= 11 is 1.22. The van der Waals surface area contributed by atoms with Gasteiger partial charge in [-0.2, -0.15) is 5.26 Å². The molecule has 1 unspecified atom stereocenters. The van der Waals surface area contributed by atoms with E-state index in [4.69, 9.17) is 25.7 Å². The van der Waals surface area contributed by atoms with E-state index < -0.39 is 17.9 Å². The van der Waals surface area contributed by atoms with Crippen LogP contribution in [0, 0.1) is 11.3 Å². The first-order chi connectivity index (χ1) is 14.3. The van der Waals surface area contributed by atoms with E-state index in [2.05, 4.69) is 0 Å². The zero-order valence-electron chi connectivity index (χ0n) is 16.8. The van der Waals surface area contributed by atoms with Crippen LogP contribution in [-0.4, -0.2) is 25.2 Å². The maximum atomic E-state index is 12.6. The molecule has 4 N–H and O–H groups in total. The zero-order chi connectivity index (χ0) is 22.0. The van der Waals surface area contributed by atoms with Crippen LogP contribution in [0.3, 0.4) is 0 Å². The number of nitrogens with two attached hydrogens (primary N) is 2. The molecule has 3 rings (SSSR count). The van der Waals surface area contributed by atoms with Crippen LogP contribution in [-0.2, 0) is 19.0 Å². The van der Waals surface area contributed by atoms with E-state index in [1.165, 1.54) is 11.3 Å². The summed E-state index contributed by atoms with van der Waals surface area (Å²) in [5.41, 5.74) is 13.3. The van der Waals surface area contributed by atoms with Crippen LogP contribution in [0.5, 0.6) is 0 Å². The molecule has 0 fully saturated rings. The van der Waals surface area contributed by atoms with Crippen LogP contribution in [0.15, 0.2) is 41.0 Å². The van der Waals surface area contributed by atoms with Gasteiger partial charge in [0.15, 0.2) is 0 Å². The van der Waals surface area contributed by atoms with E-state index in [1.54, 1.807) is 39.0 Å². The second kappa shape index (κ2) is 8.47. The van der Waals surface area contributed by atoms with Gasteiger partial charge in [-0.1, -0.05) is 6.07 Å². The van der Waals surface area contributed by atoms with Gasteiger partial charge >= 0.3 is 11.9 Å². The Balaban J connectivity index is 2.18. The molecule has 1 aromatic carbocycles. The van der Waals surface area contributed by atoms with Gasteiger partial charge in [0, 0.05) is 10.1 Å². The lowest BCUT2D eigenvalue weighted by molar-refractivity contribution is -0.139. The van der Waals surface area contributed by atoms with Crippen molar-refractivity contribution in [1.82, 2.24) is 0 Å². The van der Waals surface area contributed by atoms with Crippen molar-refractivity contribution in [3.63, 3.8) is 0 Å². The molecule has 1 aliphatic heterocycles. The van der Waals surface area contributed by atoms with E-state index in [9.17, 15) is 14.9 Å². The molecule has 0 saturated heterocycles. The van der Waals surface area contributed by atoms with Gasteiger partial charge in [0.25, 0.3) is 0 Å². The minimum Gasteiger partial charge on any atom is -0.463 e. The minimum atomic E-state index is -0.780. The van der Waals surface area contributed by atoms with Crippen LogP contribution < -0.4 is 11.5 Å². The predicted octanol–water partition coefficient (Wildman–Crippen LogP) is 3.30. The molecule has 2 aromatic rings. The number of benzene rings is 1. The second-order valence-corrected chi connectivity index (χ2v) is 7.49. The smallest absolute Gasteiger partial charge is 0.350 e. The summed E-state index contributed by atoms with van der Waals surface area (Å²) in [6.07, 6.45) is 0. The van der Waals surface area contributed by atoms with Crippen molar-refractivity contribution in [3.05, 3.63) is 51.4 Å². The fourth-order valence-corrected chi connectivity index (χ4v) is 4.35. The Morgan fingerprint density at radius 3 is 2.50 bits per heavy atom. The van der Waals surface area contributed by atoms with Gasteiger partial charge in [0.2, 0.25) is 5.88 Å². The quantitative estimate of drug-likeness (QED) is 0.693. The molecule has 0 amide bonds. The standard InChI is InChI=1S/C21H21N3O5S/c1-4-27-20(25)15-10(3)29-19(24)13(9-22)16(15)11-6-7-14-12(8-11)17(23)18(30-14)21(26)28-5-2/h6-8,16H,4-5,23-24H2,1-3H3. The highest BCUT2D eigenvalue weighted by Crippen LogP contribution is 2.42. The summed E-state index contributed by atoms with van der Waals surface area (Å²) in [5.74, 6) is -1.67. The maximum Gasteiger partial charge on any atom is 0.350 e. The summed E-state index contributed by atoms with van der Waals surface area (Å²) in [7, 11) is 0. The third-order valence-corrected chi connectivity index (χ3v) is 5.81. The average molecular weight is 427 g/mol. The van der Waals surface area contributed by atoms with Gasteiger partial charge in [-0.05, 0) is 38.5 Å². The number of carbonyl (C=O) groups is 2. The first-order valence-electron chi connectivity index (χ1n) is 9.28. The fraction of sp³-hybridized carbons (Fsp3) is 0.286. The number of hydrogen-bond acceptors (Lipinski definition) is 9. The number of ether oxygens (including phenoxy) is 3. The molecule has 0 saturated carbocycles. The van der Waals surface area contributed by atoms with Gasteiger partial charge in [-0.3, -0.25) is 0 Å². The predicted molar refractivity (Wildman–Crippen MR) is 112 cm³/mol. The number of carbonyl (C=O) groups excluding carboxylic acids is 2. The molecule has 0 bridgehead atoms. The first-order valence-corrected chi connectivity index (χ1v) is 10.1. The highest BCUT2D eigenvalue weighted by Gasteiger charge is 2.36. The number of hydrogen-bond donors (Lipinski definition) is 2. The lowest BCUT2D eigenvalue weighted by atomic mass is 9.82. The largest absolute Gasteiger partial charge is 0.463 e. The van der Waals surface area contributed by atoms with E-state index in [1.807, 2.05) is 6.07 Å². The number of anilines is 1. The Morgan fingerprint density at radius 1 is 1.20 bits per heavy atom. The van der Waals surface area contributed by atoms with Crippen LogP contribution in [0.2, 0.25) is 0 Å². The van der Waals surface area contributed by atoms with Crippen molar-refractivity contribution < 1.29 is 23.8 Å². The van der Waals surface area contributed by atoms with Crippen LogP contribution >= 0.6 is 11.3 Å². The SMILES string of the molecule is CCOC(=O)C1=C(C)OC(N)=C(C#N)C1c1ccc2sc(C(=O)OCC)c(N)c2c1. The molecule has 156 valence electrons. The zero-order valence-corrected chi connectivity index (χ0v) is 17.6. The van der Waals surface area contributed by atoms with E-state index in [0.717, 1.165) is 4.70 Å². The summed E-state index contributed by atoms with van der Waals surface area (Å²) in [5, 5.41) is 10.3. The van der Waals surface area contributed by atoms with Gasteiger partial charge < -0.3 is 25.7 Å². The average Bonchev–Trinajstić information content (AvgIpc) is 3.04. The number of rotatable bonds is 5. The summed E-state index contributed by atoms with van der Waals surface area (Å²) in [6, 6.07) is 7.33. The molecule has 1 aliphatic rings. The normalized spacial score (nSPS) is 16.3. The van der Waals surface area contributed by atoms with Crippen molar-refractivity contribution in [2.24, 2.45) is 5.73 Å². The molecular weight excluding hydrogens is 406 g/mol. The van der Waals surface area contributed by atoms with Gasteiger partial charge in [0.05, 0.1) is 30.4 Å². The van der Waals surface area contributed by atoms with Crippen molar-refractivity contribution in [2.75, 3.05) is 18.9 Å². The third kappa shape index (κ3) is 3.57. The number of thiophene rings is 1. The van der Waals surface area contributed by atoms with Crippen molar-refractivity contribution in [1.29, 1.82) is 5.26 Å². The monoisotopic (exact) mass is 427 g/mol. The molecule has 30 heavy (non-hydrogen) atoms. The molecule has 0 spiro atoms. The van der Waals surface area contributed by atoms with Crippen LogP contribution in [0.1, 0.15) is 41.9 Å². The lowest BCUT2D eigenvalue weighted by Crippen LogP contribution is -2.25. The number of fused-ring (bicyclic) bond motifs is 1. The van der Waals surface area contributed by atoms with E-state index >= 15 is 0 Å². The molecule has 1 aromatic heterocycles. The Hall–Kier alpha value is -3.51. The number of nitrogen functional groups attached to an aromatic ring is 1. The van der Waals surface area contributed by atoms with Crippen molar-refractivity contribution in [2.45, 2.75) is 26.7 Å². The molecule has 0 aliphatic carbocycles. The lowest BCUT2D eigenvalue weighted by Gasteiger charge is -2.26. The summed E-state index contributed by atoms with van der Waals surface area (Å²) < 4.78 is 16.4. The molecular formula is C21H21N3O5S. The Kier molecular flexibility index (Phi) is 5.99. The number of nitrogens with zero attached hydrogens (tertiary/aromatic N) is 1. The van der Waals surface area contributed by atoms with Crippen LogP contribution in [0.4, 0.5) is 5.69 Å². The molecule has 2 heterocycles. The Morgan fingerprint density at radius 2 is 1.87 bits per heavy atom. The summed E-state index contributed by atoms with van der Waals surface area (Å²) in [4.78, 5) is 25.1. The Bertz CT molecular complexity index is 1140. The molecule has 1 atom stereocenters. The third-order valence-electron chi connectivity index (χ3n) is 4.65. The summed E-state index contributed by atoms with van der Waals surface area (Å²) in [6.45, 7) is 5.41. The van der Waals surface area contributed by atoms with Gasteiger partial charge in [0.1, 0.15) is 22.3 Å². The maximum absolute atomic E-state index is 12.6. The molecule has 0 radical (unpaired) electrons. The fourth-order valence-electron chi connectivity index (χ4n) is 3.35. The van der Waals surface area contributed by atoms with Crippen molar-refractivity contribution in [3.8, 4) is 6.07 Å². The molecule has 8 nitrogen and oxygen atoms in total. The first kappa shape index (κ1) is 21.2. The number of esters is 2. The highest BCUT2D eigenvalue weighted by atomic mass is 32.1. The topological polar surface area (TPSA) is 138 Å². The number of nitriles is 1. The number of allylic oxidation sites excluding steroid dienone is 2. The van der Waals surface area contributed by atoms with Crippen LogP contribution in [0.25, 0.3) is 10.1 Å². The van der Waals surface area contributed by atoms with E-state index in [-0.39, 0.29) is 41.7 Å². The Labute approximate surface area is 177 Å².